The molecule has 1 aliphatic rings. The second kappa shape index (κ2) is 4.85. The molecule has 0 bridgehead atoms. The lowest BCUT2D eigenvalue weighted by molar-refractivity contribution is -0.149. The Balaban J connectivity index is 2.28. The number of nitrogens with two attached hydrogens (primary N) is 1. The van der Waals surface area contributed by atoms with Crippen LogP contribution in [0.3, 0.4) is 0 Å². The van der Waals surface area contributed by atoms with E-state index < -0.39 is 5.54 Å². The summed E-state index contributed by atoms with van der Waals surface area (Å²) in [5.41, 5.74) is 7.30. The van der Waals surface area contributed by atoms with Crippen molar-refractivity contribution in [2.24, 2.45) is 0 Å². The van der Waals surface area contributed by atoms with Gasteiger partial charge in [-0.1, -0.05) is 12.1 Å². The van der Waals surface area contributed by atoms with Crippen LogP contribution >= 0.6 is 0 Å². The molecule has 19 heavy (non-hydrogen) atoms. The van der Waals surface area contributed by atoms with Crippen LogP contribution in [0.2, 0.25) is 0 Å². The van der Waals surface area contributed by atoms with Gasteiger partial charge in [-0.05, 0) is 38.5 Å². The van der Waals surface area contributed by atoms with Crippen LogP contribution in [0.5, 0.6) is 0 Å². The van der Waals surface area contributed by atoms with Crippen molar-refractivity contribution in [2.75, 3.05) is 25.9 Å². The van der Waals surface area contributed by atoms with Crippen molar-refractivity contribution in [3.63, 3.8) is 0 Å². The average Bonchev–Trinajstić information content (AvgIpc) is 2.35. The SMILES string of the molecule is CC(c1cccc(N)c1)N1CCN(C)C(=O)C1(C)C. The zero-order chi connectivity index (χ0) is 14.2. The molecule has 104 valence electrons. The number of nitrogen functional groups attached to an aromatic ring is 1. The zero-order valence-corrected chi connectivity index (χ0v) is 12.2. The Morgan fingerprint density at radius 3 is 2.63 bits per heavy atom. The molecule has 0 aromatic heterocycles. The molecule has 0 aliphatic carbocycles. The van der Waals surface area contributed by atoms with Crippen LogP contribution in [-0.2, 0) is 4.79 Å². The standard InChI is InChI=1S/C15H23N3O/c1-11(12-6-5-7-13(16)10-12)18-9-8-17(4)14(19)15(18,2)3/h5-7,10-11H,8-9,16H2,1-4H3. The molecule has 0 radical (unpaired) electrons. The summed E-state index contributed by atoms with van der Waals surface area (Å²) in [6.07, 6.45) is 0. The number of likely N-dealkylation sites (N-methyl/N-ethyl adjacent to an activating group) is 1. The summed E-state index contributed by atoms with van der Waals surface area (Å²) in [7, 11) is 1.87. The number of hydrogen-bond donors (Lipinski definition) is 1. The van der Waals surface area contributed by atoms with Gasteiger partial charge in [-0.25, -0.2) is 0 Å². The number of hydrogen-bond acceptors (Lipinski definition) is 3. The highest BCUT2D eigenvalue weighted by molar-refractivity contribution is 5.86. The highest BCUT2D eigenvalue weighted by Crippen LogP contribution is 2.32. The number of carbonyl (C=O) groups excluding carboxylic acids is 1. The predicted molar refractivity (Wildman–Crippen MR) is 77.7 cm³/mol. The molecule has 1 aromatic rings. The van der Waals surface area contributed by atoms with E-state index in [2.05, 4.69) is 17.9 Å². The molecule has 1 unspecified atom stereocenters. The zero-order valence-electron chi connectivity index (χ0n) is 12.2. The Morgan fingerprint density at radius 2 is 2.00 bits per heavy atom. The number of piperazine rings is 1. The number of anilines is 1. The molecule has 1 fully saturated rings. The van der Waals surface area contributed by atoms with E-state index in [1.807, 2.05) is 44.0 Å². The summed E-state index contributed by atoms with van der Waals surface area (Å²) in [6, 6.07) is 8.09. The molecule has 2 rings (SSSR count). The molecular weight excluding hydrogens is 238 g/mol. The fourth-order valence-electron chi connectivity index (χ4n) is 2.91. The fraction of sp³-hybridized carbons (Fsp3) is 0.533. The van der Waals surface area contributed by atoms with Crippen LogP contribution in [0.4, 0.5) is 5.69 Å². The van der Waals surface area contributed by atoms with Gasteiger partial charge in [-0.2, -0.15) is 0 Å². The number of amides is 1. The normalized spacial score (nSPS) is 21.5. The molecule has 1 heterocycles. The largest absolute Gasteiger partial charge is 0.399 e. The minimum absolute atomic E-state index is 0.175. The van der Waals surface area contributed by atoms with Crippen LogP contribution in [0.25, 0.3) is 0 Å². The first-order valence-electron chi connectivity index (χ1n) is 6.72. The average molecular weight is 261 g/mol. The number of carbonyl (C=O) groups is 1. The van der Waals surface area contributed by atoms with Gasteiger partial charge in [0, 0.05) is 31.9 Å². The highest BCUT2D eigenvalue weighted by atomic mass is 16.2. The third kappa shape index (κ3) is 2.45. The number of nitrogens with zero attached hydrogens (tertiary/aromatic N) is 2. The summed E-state index contributed by atoms with van der Waals surface area (Å²) < 4.78 is 0. The molecule has 1 aromatic carbocycles. The summed E-state index contributed by atoms with van der Waals surface area (Å²) in [5, 5.41) is 0. The van der Waals surface area contributed by atoms with Crippen molar-refractivity contribution in [2.45, 2.75) is 32.4 Å². The molecule has 4 nitrogen and oxygen atoms in total. The molecule has 1 amide bonds. The van der Waals surface area contributed by atoms with Gasteiger partial charge in [0.25, 0.3) is 0 Å². The van der Waals surface area contributed by atoms with Crippen molar-refractivity contribution < 1.29 is 4.79 Å². The van der Waals surface area contributed by atoms with Gasteiger partial charge in [-0.3, -0.25) is 9.69 Å². The molecule has 2 N–H and O–H groups in total. The quantitative estimate of drug-likeness (QED) is 0.827. The van der Waals surface area contributed by atoms with Gasteiger partial charge in [0.1, 0.15) is 0 Å². The number of rotatable bonds is 2. The van der Waals surface area contributed by atoms with Gasteiger partial charge >= 0.3 is 0 Å². The first-order valence-corrected chi connectivity index (χ1v) is 6.72. The van der Waals surface area contributed by atoms with E-state index in [0.29, 0.717) is 0 Å². The van der Waals surface area contributed by atoms with E-state index >= 15 is 0 Å². The third-order valence-electron chi connectivity index (χ3n) is 4.13. The molecule has 1 aliphatic heterocycles. The maximum atomic E-state index is 12.3. The molecule has 4 heteroatoms. The lowest BCUT2D eigenvalue weighted by atomic mass is 9.93. The first kappa shape index (κ1) is 13.9. The maximum absolute atomic E-state index is 12.3. The maximum Gasteiger partial charge on any atom is 0.242 e. The third-order valence-corrected chi connectivity index (χ3v) is 4.13. The van der Waals surface area contributed by atoms with E-state index in [-0.39, 0.29) is 11.9 Å². The van der Waals surface area contributed by atoms with Crippen LogP contribution < -0.4 is 5.73 Å². The Hall–Kier alpha value is -1.55. The van der Waals surface area contributed by atoms with Crippen LogP contribution in [0.15, 0.2) is 24.3 Å². The minimum Gasteiger partial charge on any atom is -0.399 e. The lowest BCUT2D eigenvalue weighted by Gasteiger charge is -2.47. The Morgan fingerprint density at radius 1 is 1.32 bits per heavy atom. The highest BCUT2D eigenvalue weighted by Gasteiger charge is 2.42. The summed E-state index contributed by atoms with van der Waals surface area (Å²) in [6.45, 7) is 7.77. The summed E-state index contributed by atoms with van der Waals surface area (Å²) in [4.78, 5) is 16.4. The summed E-state index contributed by atoms with van der Waals surface area (Å²) in [5.74, 6) is 0.175. The molecule has 0 saturated carbocycles. The van der Waals surface area contributed by atoms with Gasteiger partial charge in [0.15, 0.2) is 0 Å². The van der Waals surface area contributed by atoms with E-state index in [1.54, 1.807) is 0 Å². The van der Waals surface area contributed by atoms with Crippen molar-refractivity contribution in [3.05, 3.63) is 29.8 Å². The van der Waals surface area contributed by atoms with Crippen molar-refractivity contribution in [1.29, 1.82) is 0 Å². The van der Waals surface area contributed by atoms with Gasteiger partial charge in [0.05, 0.1) is 5.54 Å². The van der Waals surface area contributed by atoms with E-state index in [4.69, 9.17) is 5.73 Å². The predicted octanol–water partition coefficient (Wildman–Crippen LogP) is 1.88. The van der Waals surface area contributed by atoms with Crippen LogP contribution in [0, 0.1) is 0 Å². The monoisotopic (exact) mass is 261 g/mol. The second-order valence-electron chi connectivity index (χ2n) is 5.83. The molecule has 0 spiro atoms. The van der Waals surface area contributed by atoms with Gasteiger partial charge in [0.2, 0.25) is 5.91 Å². The van der Waals surface area contributed by atoms with Crippen LogP contribution in [-0.4, -0.2) is 41.4 Å². The first-order chi connectivity index (χ1) is 8.84. The lowest BCUT2D eigenvalue weighted by Crippen LogP contribution is -2.62. The smallest absolute Gasteiger partial charge is 0.242 e. The molecule has 1 atom stereocenters. The summed E-state index contributed by atoms with van der Waals surface area (Å²) >= 11 is 0. The van der Waals surface area contributed by atoms with E-state index in [1.165, 1.54) is 0 Å². The number of benzene rings is 1. The minimum atomic E-state index is -0.475. The van der Waals surface area contributed by atoms with E-state index in [9.17, 15) is 4.79 Å². The molecular formula is C15H23N3O. The van der Waals surface area contributed by atoms with Crippen molar-refractivity contribution >= 4 is 11.6 Å². The van der Waals surface area contributed by atoms with Gasteiger partial charge in [-0.15, -0.1) is 0 Å². The second-order valence-corrected chi connectivity index (χ2v) is 5.83. The Kier molecular flexibility index (Phi) is 3.54. The fourth-order valence-corrected chi connectivity index (χ4v) is 2.91. The van der Waals surface area contributed by atoms with Crippen LogP contribution in [0.1, 0.15) is 32.4 Å². The Labute approximate surface area is 115 Å². The van der Waals surface area contributed by atoms with E-state index in [0.717, 1.165) is 24.3 Å². The van der Waals surface area contributed by atoms with Crippen molar-refractivity contribution in [1.82, 2.24) is 9.80 Å². The van der Waals surface area contributed by atoms with Crippen molar-refractivity contribution in [3.8, 4) is 0 Å². The Bertz CT molecular complexity index is 484. The molecule has 1 saturated heterocycles. The van der Waals surface area contributed by atoms with Gasteiger partial charge < -0.3 is 10.6 Å². The topological polar surface area (TPSA) is 49.6 Å².